The summed E-state index contributed by atoms with van der Waals surface area (Å²) in [5.41, 5.74) is 0.898. The first-order valence-corrected chi connectivity index (χ1v) is 7.07. The maximum Gasteiger partial charge on any atom is 0.313 e. The van der Waals surface area contributed by atoms with E-state index in [0.29, 0.717) is 17.3 Å². The first-order valence-electron chi connectivity index (χ1n) is 5.63. The molecule has 0 aliphatic rings. The second-order valence-corrected chi connectivity index (χ2v) is 5.80. The van der Waals surface area contributed by atoms with Crippen molar-refractivity contribution >= 4 is 10.0 Å². The van der Waals surface area contributed by atoms with E-state index in [1.54, 1.807) is 12.1 Å². The fourth-order valence-electron chi connectivity index (χ4n) is 1.41. The molecular formula is C11H16N2O4S. The van der Waals surface area contributed by atoms with E-state index in [9.17, 15) is 18.5 Å². The summed E-state index contributed by atoms with van der Waals surface area (Å²) in [4.78, 5) is 10.8. The fourth-order valence-corrected chi connectivity index (χ4v) is 2.68. The Balaban J connectivity index is 3.09. The van der Waals surface area contributed by atoms with Gasteiger partial charge in [0.25, 0.3) is 0 Å². The zero-order valence-corrected chi connectivity index (χ0v) is 11.2. The lowest BCUT2D eigenvalue weighted by atomic mass is 10.2. The lowest BCUT2D eigenvalue weighted by molar-refractivity contribution is -0.620. The minimum Gasteiger partial charge on any atom is -0.234 e. The van der Waals surface area contributed by atoms with Crippen LogP contribution in [0.25, 0.3) is 0 Å². The molecule has 0 aliphatic heterocycles. The van der Waals surface area contributed by atoms with Crippen LogP contribution in [-0.4, -0.2) is 24.4 Å². The van der Waals surface area contributed by atoms with E-state index >= 15 is 0 Å². The Morgan fingerprint density at radius 1 is 1.28 bits per heavy atom. The molecule has 0 unspecified atom stereocenters. The van der Waals surface area contributed by atoms with Gasteiger partial charge in [0.2, 0.25) is 0 Å². The number of unbranched alkanes of at least 4 members (excludes halogenated alkanes) is 1. The molecule has 1 aromatic carbocycles. The maximum atomic E-state index is 12.1. The lowest BCUT2D eigenvalue weighted by Gasteiger charge is -2.14. The van der Waals surface area contributed by atoms with Crippen molar-refractivity contribution in [3.63, 3.8) is 0 Å². The second kappa shape index (κ2) is 5.81. The van der Waals surface area contributed by atoms with Crippen LogP contribution in [0.4, 0.5) is 0 Å². The number of nitro groups is 1. The van der Waals surface area contributed by atoms with E-state index in [1.807, 2.05) is 13.8 Å². The molecule has 0 saturated carbocycles. The van der Waals surface area contributed by atoms with E-state index in [4.69, 9.17) is 0 Å². The molecule has 0 saturated heterocycles. The standard InChI is InChI=1S/C11H16N2O4S/c1-3-4-9-12(13(14)15)18(16,17)11-7-5-10(2)6-8-11/h5-8H,3-4,9H2,1-2H3. The molecule has 18 heavy (non-hydrogen) atoms. The molecule has 7 heteroatoms. The summed E-state index contributed by atoms with van der Waals surface area (Å²) >= 11 is 0. The average Bonchev–Trinajstić information content (AvgIpc) is 2.29. The predicted molar refractivity (Wildman–Crippen MR) is 67.0 cm³/mol. The third-order valence-electron chi connectivity index (χ3n) is 2.48. The number of aryl methyl sites for hydroxylation is 1. The normalized spacial score (nSPS) is 11.2. The first-order chi connectivity index (χ1) is 8.39. The molecule has 0 N–H and O–H groups in total. The van der Waals surface area contributed by atoms with Gasteiger partial charge in [0.05, 0.1) is 11.4 Å². The molecule has 6 nitrogen and oxygen atoms in total. The van der Waals surface area contributed by atoms with Crippen molar-refractivity contribution in [2.24, 2.45) is 0 Å². The highest BCUT2D eigenvalue weighted by atomic mass is 32.2. The van der Waals surface area contributed by atoms with Crippen LogP contribution < -0.4 is 0 Å². The Bertz CT molecular complexity index is 510. The summed E-state index contributed by atoms with van der Waals surface area (Å²) in [7, 11) is -4.06. The molecule has 1 rings (SSSR count). The third-order valence-corrected chi connectivity index (χ3v) is 4.22. The second-order valence-electron chi connectivity index (χ2n) is 3.96. The lowest BCUT2D eigenvalue weighted by Crippen LogP contribution is -2.37. The molecule has 1 aromatic rings. The number of benzene rings is 1. The van der Waals surface area contributed by atoms with Crippen LogP contribution in [0, 0.1) is 17.0 Å². The molecule has 0 amide bonds. The number of rotatable bonds is 6. The maximum absolute atomic E-state index is 12.1. The van der Waals surface area contributed by atoms with Crippen molar-refractivity contribution in [3.8, 4) is 0 Å². The monoisotopic (exact) mass is 272 g/mol. The fraction of sp³-hybridized carbons (Fsp3) is 0.455. The molecule has 0 bridgehead atoms. The molecule has 0 fully saturated rings. The molecule has 0 radical (unpaired) electrons. The van der Waals surface area contributed by atoms with Crippen LogP contribution in [-0.2, 0) is 10.0 Å². The Morgan fingerprint density at radius 3 is 2.28 bits per heavy atom. The van der Waals surface area contributed by atoms with Crippen LogP contribution in [0.2, 0.25) is 0 Å². The quantitative estimate of drug-likeness (QED) is 0.585. The molecule has 0 aliphatic carbocycles. The van der Waals surface area contributed by atoms with Crippen molar-refractivity contribution in [2.45, 2.75) is 31.6 Å². The van der Waals surface area contributed by atoms with Crippen LogP contribution in [0.5, 0.6) is 0 Å². The van der Waals surface area contributed by atoms with Gasteiger partial charge in [-0.3, -0.25) is 0 Å². The van der Waals surface area contributed by atoms with Gasteiger partial charge in [-0.05, 0) is 29.9 Å². The minimum absolute atomic E-state index is 0.0547. The molecule has 0 atom stereocenters. The number of nitrogens with zero attached hydrogens (tertiary/aromatic N) is 2. The molecule has 0 aromatic heterocycles. The van der Waals surface area contributed by atoms with Gasteiger partial charge >= 0.3 is 10.0 Å². The Labute approximate surface area is 106 Å². The van der Waals surface area contributed by atoms with E-state index in [2.05, 4.69) is 0 Å². The van der Waals surface area contributed by atoms with Crippen LogP contribution in [0.3, 0.4) is 0 Å². The van der Waals surface area contributed by atoms with E-state index in [0.717, 1.165) is 5.56 Å². The summed E-state index contributed by atoms with van der Waals surface area (Å²) in [6.07, 6.45) is 1.14. The zero-order valence-electron chi connectivity index (χ0n) is 10.4. The van der Waals surface area contributed by atoms with Gasteiger partial charge in [0.1, 0.15) is 0 Å². The van der Waals surface area contributed by atoms with Gasteiger partial charge in [0, 0.05) is 0 Å². The Kier molecular flexibility index (Phi) is 4.66. The highest BCUT2D eigenvalue weighted by Crippen LogP contribution is 2.16. The highest BCUT2D eigenvalue weighted by molar-refractivity contribution is 7.89. The van der Waals surface area contributed by atoms with Crippen molar-refractivity contribution in [1.82, 2.24) is 4.41 Å². The number of sulfonamides is 1. The van der Waals surface area contributed by atoms with E-state index in [1.165, 1.54) is 12.1 Å². The van der Waals surface area contributed by atoms with E-state index in [-0.39, 0.29) is 11.4 Å². The van der Waals surface area contributed by atoms with Crippen molar-refractivity contribution in [2.75, 3.05) is 6.54 Å². The van der Waals surface area contributed by atoms with E-state index < -0.39 is 15.1 Å². The van der Waals surface area contributed by atoms with Gasteiger partial charge in [-0.15, -0.1) is 0 Å². The van der Waals surface area contributed by atoms with Crippen LogP contribution in [0.15, 0.2) is 29.2 Å². The SMILES string of the molecule is CCCCN([N+](=O)[O-])S(=O)(=O)c1ccc(C)cc1. The highest BCUT2D eigenvalue weighted by Gasteiger charge is 2.31. The number of hydrazine groups is 1. The van der Waals surface area contributed by atoms with Crippen molar-refractivity contribution in [1.29, 1.82) is 0 Å². The molecular weight excluding hydrogens is 256 g/mol. The third kappa shape index (κ3) is 3.19. The number of hydrogen-bond donors (Lipinski definition) is 0. The predicted octanol–water partition coefficient (Wildman–Crippen LogP) is 1.98. The summed E-state index contributed by atoms with van der Waals surface area (Å²) in [6, 6.07) is 6.00. The van der Waals surface area contributed by atoms with Crippen molar-refractivity contribution < 1.29 is 13.5 Å². The molecule has 0 heterocycles. The van der Waals surface area contributed by atoms with Crippen molar-refractivity contribution in [3.05, 3.63) is 39.9 Å². The summed E-state index contributed by atoms with van der Waals surface area (Å²) < 4.78 is 24.5. The summed E-state index contributed by atoms with van der Waals surface area (Å²) in [5, 5.41) is 9.97. The van der Waals surface area contributed by atoms with Gasteiger partial charge in [0.15, 0.2) is 5.03 Å². The minimum atomic E-state index is -4.06. The number of hydrogen-bond acceptors (Lipinski definition) is 4. The average molecular weight is 272 g/mol. The Morgan fingerprint density at radius 2 is 1.83 bits per heavy atom. The van der Waals surface area contributed by atoms with Gasteiger partial charge in [-0.2, -0.15) is 8.42 Å². The van der Waals surface area contributed by atoms with Crippen LogP contribution >= 0.6 is 0 Å². The molecule has 100 valence electrons. The van der Waals surface area contributed by atoms with Gasteiger partial charge in [-0.25, -0.2) is 10.1 Å². The van der Waals surface area contributed by atoms with Crippen LogP contribution in [0.1, 0.15) is 25.3 Å². The van der Waals surface area contributed by atoms with Gasteiger partial charge in [-0.1, -0.05) is 31.0 Å². The topological polar surface area (TPSA) is 80.5 Å². The Hall–Kier alpha value is -1.63. The van der Waals surface area contributed by atoms with Gasteiger partial charge < -0.3 is 0 Å². The molecule has 0 spiro atoms. The summed E-state index contributed by atoms with van der Waals surface area (Å²) in [6.45, 7) is 3.55. The summed E-state index contributed by atoms with van der Waals surface area (Å²) in [5.74, 6) is 0. The first kappa shape index (κ1) is 14.4. The largest absolute Gasteiger partial charge is 0.313 e. The zero-order chi connectivity index (χ0) is 13.8. The smallest absolute Gasteiger partial charge is 0.234 e.